The Morgan fingerprint density at radius 1 is 1.50 bits per heavy atom. The molecule has 0 N–H and O–H groups in total. The predicted molar refractivity (Wildman–Crippen MR) is 74.1 cm³/mol. The van der Waals surface area contributed by atoms with Crippen molar-refractivity contribution in [2.75, 3.05) is 0 Å². The molecule has 0 saturated carbocycles. The van der Waals surface area contributed by atoms with Crippen LogP contribution in [-0.4, -0.2) is 10.5 Å². The minimum atomic E-state index is -0.0881. The maximum Gasteiger partial charge on any atom is 0.248 e. The van der Waals surface area contributed by atoms with Crippen LogP contribution < -0.4 is 4.80 Å². The lowest BCUT2D eigenvalue weighted by molar-refractivity contribution is -0.118. The van der Waals surface area contributed by atoms with Gasteiger partial charge in [0.25, 0.3) is 0 Å². The Morgan fingerprint density at radius 2 is 2.28 bits per heavy atom. The van der Waals surface area contributed by atoms with Gasteiger partial charge in [-0.05, 0) is 18.6 Å². The fourth-order valence-corrected chi connectivity index (χ4v) is 2.77. The number of thiazole rings is 1. The molecule has 1 aromatic carbocycles. The van der Waals surface area contributed by atoms with Gasteiger partial charge in [0.2, 0.25) is 5.91 Å². The number of hydrogen-bond acceptors (Lipinski definition) is 2. The van der Waals surface area contributed by atoms with E-state index in [2.05, 4.69) is 10.9 Å². The molecule has 0 radical (unpaired) electrons. The largest absolute Gasteiger partial charge is 0.305 e. The van der Waals surface area contributed by atoms with Crippen LogP contribution in [0.5, 0.6) is 0 Å². The van der Waals surface area contributed by atoms with Crippen molar-refractivity contribution in [3.63, 3.8) is 0 Å². The number of carbonyl (C=O) groups excluding carboxylic acids is 1. The Hall–Kier alpha value is -1.86. The van der Waals surface area contributed by atoms with E-state index in [9.17, 15) is 4.79 Å². The summed E-state index contributed by atoms with van der Waals surface area (Å²) in [5.74, 6) is 2.52. The molecule has 0 bridgehead atoms. The molecular weight excluding hydrogens is 244 g/mol. The summed E-state index contributed by atoms with van der Waals surface area (Å²) in [5.41, 5.74) is 1.03. The predicted octanol–water partition coefficient (Wildman–Crippen LogP) is 2.56. The number of para-hydroxylation sites is 1. The summed E-state index contributed by atoms with van der Waals surface area (Å²) >= 11 is 1.50. The maximum atomic E-state index is 11.6. The molecule has 0 aliphatic carbocycles. The molecule has 0 spiro atoms. The third-order valence-corrected chi connectivity index (χ3v) is 3.58. The standard InChI is InChI=1S/C14H14N2OS/c1-3-7-13(17)15-14-16(10-4-2)11-8-5-6-9-12(11)18-14/h2,5-6,8-9H,3,7,10H2,1H3. The molecule has 3 nitrogen and oxygen atoms in total. The molecule has 4 heteroatoms. The van der Waals surface area contributed by atoms with Crippen molar-refractivity contribution in [3.8, 4) is 12.3 Å². The maximum absolute atomic E-state index is 11.6. The summed E-state index contributed by atoms with van der Waals surface area (Å²) in [5, 5.41) is 0. The molecule has 0 aliphatic rings. The normalized spacial score (nSPS) is 11.7. The van der Waals surface area contributed by atoms with E-state index < -0.39 is 0 Å². The van der Waals surface area contributed by atoms with Crippen molar-refractivity contribution < 1.29 is 4.79 Å². The summed E-state index contributed by atoms with van der Waals surface area (Å²) < 4.78 is 3.00. The zero-order valence-electron chi connectivity index (χ0n) is 10.2. The molecule has 2 aromatic rings. The van der Waals surface area contributed by atoms with Crippen LogP contribution in [0.4, 0.5) is 0 Å². The second kappa shape index (κ2) is 5.65. The summed E-state index contributed by atoms with van der Waals surface area (Å²) in [6.07, 6.45) is 6.66. The Bertz CT molecular complexity index is 673. The second-order valence-electron chi connectivity index (χ2n) is 3.90. The van der Waals surface area contributed by atoms with E-state index in [1.165, 1.54) is 11.3 Å². The number of hydrogen-bond donors (Lipinski definition) is 0. The summed E-state index contributed by atoms with van der Waals surface area (Å²) in [4.78, 5) is 16.5. The van der Waals surface area contributed by atoms with Crippen molar-refractivity contribution in [2.24, 2.45) is 4.99 Å². The van der Waals surface area contributed by atoms with E-state index in [1.54, 1.807) is 0 Å². The van der Waals surface area contributed by atoms with Crippen LogP contribution in [-0.2, 0) is 11.3 Å². The van der Waals surface area contributed by atoms with Crippen LogP contribution in [0.3, 0.4) is 0 Å². The van der Waals surface area contributed by atoms with E-state index >= 15 is 0 Å². The molecule has 0 fully saturated rings. The van der Waals surface area contributed by atoms with E-state index in [0.29, 0.717) is 17.8 Å². The highest BCUT2D eigenvalue weighted by atomic mass is 32.1. The van der Waals surface area contributed by atoms with Gasteiger partial charge >= 0.3 is 0 Å². The zero-order chi connectivity index (χ0) is 13.0. The van der Waals surface area contributed by atoms with Gasteiger partial charge in [0.15, 0.2) is 4.80 Å². The molecule has 0 aliphatic heterocycles. The molecule has 1 heterocycles. The molecule has 2 rings (SSSR count). The van der Waals surface area contributed by atoms with Gasteiger partial charge in [-0.25, -0.2) is 0 Å². The van der Waals surface area contributed by atoms with Gasteiger partial charge in [-0.2, -0.15) is 4.99 Å². The smallest absolute Gasteiger partial charge is 0.248 e. The van der Waals surface area contributed by atoms with Gasteiger partial charge in [-0.1, -0.05) is 36.3 Å². The monoisotopic (exact) mass is 258 g/mol. The van der Waals surface area contributed by atoms with Crippen LogP contribution in [0.1, 0.15) is 19.8 Å². The molecule has 1 aromatic heterocycles. The van der Waals surface area contributed by atoms with Crippen LogP contribution in [0.2, 0.25) is 0 Å². The number of fused-ring (bicyclic) bond motifs is 1. The van der Waals surface area contributed by atoms with Crippen molar-refractivity contribution in [2.45, 2.75) is 26.3 Å². The Morgan fingerprint density at radius 3 is 3.00 bits per heavy atom. The minimum absolute atomic E-state index is 0.0881. The fourth-order valence-electron chi connectivity index (χ4n) is 1.73. The Balaban J connectivity index is 2.59. The van der Waals surface area contributed by atoms with Crippen LogP contribution >= 0.6 is 11.3 Å². The van der Waals surface area contributed by atoms with Gasteiger partial charge in [-0.15, -0.1) is 6.42 Å². The molecule has 1 amide bonds. The minimum Gasteiger partial charge on any atom is -0.305 e. The highest BCUT2D eigenvalue weighted by Gasteiger charge is 2.05. The molecule has 0 saturated heterocycles. The third kappa shape index (κ3) is 2.52. The first-order valence-electron chi connectivity index (χ1n) is 5.85. The number of carbonyl (C=O) groups is 1. The topological polar surface area (TPSA) is 34.4 Å². The zero-order valence-corrected chi connectivity index (χ0v) is 11.0. The number of nitrogens with zero attached hydrogens (tertiary/aromatic N) is 2. The lowest BCUT2D eigenvalue weighted by Gasteiger charge is -1.98. The number of rotatable bonds is 3. The number of terminal acetylenes is 1. The Kier molecular flexibility index (Phi) is 3.96. The van der Waals surface area contributed by atoms with E-state index in [-0.39, 0.29) is 5.91 Å². The first-order valence-corrected chi connectivity index (χ1v) is 6.67. The van der Waals surface area contributed by atoms with Gasteiger partial charge in [0.05, 0.1) is 16.8 Å². The lowest BCUT2D eigenvalue weighted by Crippen LogP contribution is -2.16. The average Bonchev–Trinajstić information content (AvgIpc) is 2.68. The first kappa shape index (κ1) is 12.6. The summed E-state index contributed by atoms with van der Waals surface area (Å²) in [6.45, 7) is 2.40. The highest BCUT2D eigenvalue weighted by Crippen LogP contribution is 2.16. The SMILES string of the molecule is C#CCn1c(=NC(=O)CCC)sc2ccccc21. The second-order valence-corrected chi connectivity index (χ2v) is 4.91. The molecular formula is C14H14N2OS. The van der Waals surface area contributed by atoms with Gasteiger partial charge in [0.1, 0.15) is 0 Å². The molecule has 92 valence electrons. The van der Waals surface area contributed by atoms with E-state index in [1.807, 2.05) is 35.8 Å². The number of benzene rings is 1. The van der Waals surface area contributed by atoms with Crippen LogP contribution in [0.15, 0.2) is 29.3 Å². The third-order valence-electron chi connectivity index (χ3n) is 2.52. The van der Waals surface area contributed by atoms with Crippen molar-refractivity contribution in [1.82, 2.24) is 4.57 Å². The summed E-state index contributed by atoms with van der Waals surface area (Å²) in [6, 6.07) is 7.93. The molecule has 18 heavy (non-hydrogen) atoms. The molecule has 0 unspecified atom stereocenters. The van der Waals surface area contributed by atoms with Crippen LogP contribution in [0.25, 0.3) is 10.2 Å². The fraction of sp³-hybridized carbons (Fsp3) is 0.286. The number of amides is 1. The lowest BCUT2D eigenvalue weighted by atomic mass is 10.3. The van der Waals surface area contributed by atoms with Crippen LogP contribution in [0, 0.1) is 12.3 Å². The average molecular weight is 258 g/mol. The quantitative estimate of drug-likeness (QED) is 0.779. The summed E-state index contributed by atoms with van der Waals surface area (Å²) in [7, 11) is 0. The highest BCUT2D eigenvalue weighted by molar-refractivity contribution is 7.16. The Labute approximate surface area is 110 Å². The first-order chi connectivity index (χ1) is 8.76. The van der Waals surface area contributed by atoms with E-state index in [0.717, 1.165) is 16.6 Å². The van der Waals surface area contributed by atoms with Crippen molar-refractivity contribution >= 4 is 27.5 Å². The van der Waals surface area contributed by atoms with E-state index in [4.69, 9.17) is 6.42 Å². The number of aromatic nitrogens is 1. The van der Waals surface area contributed by atoms with Gasteiger partial charge in [0, 0.05) is 6.42 Å². The van der Waals surface area contributed by atoms with Gasteiger partial charge in [-0.3, -0.25) is 4.79 Å². The molecule has 0 atom stereocenters. The van der Waals surface area contributed by atoms with Crippen molar-refractivity contribution in [3.05, 3.63) is 29.1 Å². The van der Waals surface area contributed by atoms with Gasteiger partial charge < -0.3 is 4.57 Å². The van der Waals surface area contributed by atoms with Crippen molar-refractivity contribution in [1.29, 1.82) is 0 Å².